The van der Waals surface area contributed by atoms with Crippen molar-refractivity contribution in [3.63, 3.8) is 0 Å². The minimum absolute atomic E-state index is 0.0133. The molecule has 0 radical (unpaired) electrons. The molecule has 2 aromatic heterocycles. The summed E-state index contributed by atoms with van der Waals surface area (Å²) in [6.45, 7) is 3.93. The van der Waals surface area contributed by atoms with E-state index in [2.05, 4.69) is 31.5 Å². The number of amides is 1. The summed E-state index contributed by atoms with van der Waals surface area (Å²) >= 11 is 3.15. The predicted molar refractivity (Wildman–Crippen MR) is 110 cm³/mol. The number of nitrogens with zero attached hydrogens (tertiary/aromatic N) is 3. The SMILES string of the molecule is CC(Sc1nnc(-c2cccs2)n1C1CC1)C(=O)NC(C)c1ccccc1. The molecule has 1 aromatic carbocycles. The highest BCUT2D eigenvalue weighted by Crippen LogP contribution is 2.42. The standard InChI is InChI=1S/C20H22N4OS2/c1-13(15-7-4-3-5-8-15)21-19(25)14(2)27-20-23-22-18(17-9-6-12-26-17)24(20)16-10-11-16/h3-9,12-14,16H,10-11H2,1-2H3,(H,21,25). The maximum Gasteiger partial charge on any atom is 0.233 e. The largest absolute Gasteiger partial charge is 0.349 e. The van der Waals surface area contributed by atoms with Gasteiger partial charge in [0.05, 0.1) is 16.2 Å². The van der Waals surface area contributed by atoms with E-state index in [1.165, 1.54) is 11.8 Å². The molecule has 3 aromatic rings. The van der Waals surface area contributed by atoms with Crippen LogP contribution in [0.5, 0.6) is 0 Å². The summed E-state index contributed by atoms with van der Waals surface area (Å²) in [5.74, 6) is 0.930. The van der Waals surface area contributed by atoms with E-state index in [1.54, 1.807) is 11.3 Å². The molecule has 1 fully saturated rings. The van der Waals surface area contributed by atoms with Crippen LogP contribution in [-0.4, -0.2) is 25.9 Å². The second kappa shape index (κ2) is 7.86. The molecule has 27 heavy (non-hydrogen) atoms. The molecule has 2 atom stereocenters. The molecular weight excluding hydrogens is 376 g/mol. The van der Waals surface area contributed by atoms with E-state index in [9.17, 15) is 4.79 Å². The summed E-state index contributed by atoms with van der Waals surface area (Å²) in [5.41, 5.74) is 1.10. The molecule has 1 amide bonds. The number of aromatic nitrogens is 3. The van der Waals surface area contributed by atoms with Crippen LogP contribution in [0.2, 0.25) is 0 Å². The van der Waals surface area contributed by atoms with Gasteiger partial charge in [-0.2, -0.15) is 0 Å². The Balaban J connectivity index is 1.46. The number of carbonyl (C=O) groups excluding carboxylic acids is 1. The lowest BCUT2D eigenvalue weighted by Gasteiger charge is -2.18. The fraction of sp³-hybridized carbons (Fsp3) is 0.350. The maximum atomic E-state index is 12.7. The van der Waals surface area contributed by atoms with Gasteiger partial charge in [0.25, 0.3) is 0 Å². The summed E-state index contributed by atoms with van der Waals surface area (Å²) in [6, 6.07) is 14.5. The summed E-state index contributed by atoms with van der Waals surface area (Å²) in [6.07, 6.45) is 2.30. The normalized spacial score (nSPS) is 16.1. The van der Waals surface area contributed by atoms with Gasteiger partial charge in [0.2, 0.25) is 5.91 Å². The van der Waals surface area contributed by atoms with Crippen molar-refractivity contribution in [3.05, 3.63) is 53.4 Å². The second-order valence-electron chi connectivity index (χ2n) is 6.79. The van der Waals surface area contributed by atoms with Gasteiger partial charge >= 0.3 is 0 Å². The van der Waals surface area contributed by atoms with E-state index in [1.807, 2.05) is 50.2 Å². The monoisotopic (exact) mass is 398 g/mol. The van der Waals surface area contributed by atoms with E-state index in [0.717, 1.165) is 34.3 Å². The number of benzene rings is 1. The van der Waals surface area contributed by atoms with Crippen molar-refractivity contribution < 1.29 is 4.79 Å². The third-order valence-electron chi connectivity index (χ3n) is 4.63. The Morgan fingerprint density at radius 3 is 2.63 bits per heavy atom. The highest BCUT2D eigenvalue weighted by atomic mass is 32.2. The molecule has 2 heterocycles. The van der Waals surface area contributed by atoms with Crippen molar-refractivity contribution in [3.8, 4) is 10.7 Å². The van der Waals surface area contributed by atoms with Crippen molar-refractivity contribution in [1.29, 1.82) is 0 Å². The van der Waals surface area contributed by atoms with E-state index < -0.39 is 0 Å². The van der Waals surface area contributed by atoms with Gasteiger partial charge < -0.3 is 5.32 Å². The third kappa shape index (κ3) is 4.09. The van der Waals surface area contributed by atoms with E-state index >= 15 is 0 Å². The molecule has 140 valence electrons. The zero-order valence-corrected chi connectivity index (χ0v) is 17.0. The van der Waals surface area contributed by atoms with Crippen molar-refractivity contribution in [1.82, 2.24) is 20.1 Å². The molecule has 0 spiro atoms. The van der Waals surface area contributed by atoms with Crippen molar-refractivity contribution >= 4 is 29.0 Å². The Labute approximate surface area is 167 Å². The van der Waals surface area contributed by atoms with Crippen LogP contribution in [0.4, 0.5) is 0 Å². The lowest BCUT2D eigenvalue weighted by molar-refractivity contribution is -0.120. The summed E-state index contributed by atoms with van der Waals surface area (Å²) in [5, 5.41) is 14.5. The molecule has 1 saturated carbocycles. The minimum Gasteiger partial charge on any atom is -0.349 e. The topological polar surface area (TPSA) is 59.8 Å². The minimum atomic E-state index is -0.242. The number of nitrogens with one attached hydrogen (secondary N) is 1. The average molecular weight is 399 g/mol. The first kappa shape index (κ1) is 18.3. The van der Waals surface area contributed by atoms with Crippen molar-refractivity contribution in [2.75, 3.05) is 0 Å². The molecule has 0 saturated heterocycles. The van der Waals surface area contributed by atoms with Gasteiger partial charge in [-0.05, 0) is 43.7 Å². The third-order valence-corrected chi connectivity index (χ3v) is 6.55. The second-order valence-corrected chi connectivity index (χ2v) is 9.04. The van der Waals surface area contributed by atoms with Crippen LogP contribution in [0.25, 0.3) is 10.7 Å². The molecule has 2 unspecified atom stereocenters. The van der Waals surface area contributed by atoms with E-state index in [0.29, 0.717) is 6.04 Å². The van der Waals surface area contributed by atoms with Gasteiger partial charge in [0.15, 0.2) is 11.0 Å². The fourth-order valence-corrected chi connectivity index (χ4v) is 4.59. The first-order valence-corrected chi connectivity index (χ1v) is 10.9. The van der Waals surface area contributed by atoms with Crippen molar-refractivity contribution in [2.24, 2.45) is 0 Å². The van der Waals surface area contributed by atoms with Crippen LogP contribution in [0.3, 0.4) is 0 Å². The average Bonchev–Trinajstić information content (AvgIpc) is 3.20. The summed E-state index contributed by atoms with van der Waals surface area (Å²) in [7, 11) is 0. The maximum absolute atomic E-state index is 12.7. The molecule has 1 N–H and O–H groups in total. The molecule has 7 heteroatoms. The Morgan fingerprint density at radius 1 is 1.19 bits per heavy atom. The molecular formula is C20H22N4OS2. The van der Waals surface area contributed by atoms with E-state index in [4.69, 9.17) is 0 Å². The molecule has 1 aliphatic rings. The van der Waals surface area contributed by atoms with Crippen LogP contribution >= 0.6 is 23.1 Å². The van der Waals surface area contributed by atoms with Gasteiger partial charge in [-0.15, -0.1) is 21.5 Å². The number of carbonyl (C=O) groups is 1. The quantitative estimate of drug-likeness (QED) is 0.586. The van der Waals surface area contributed by atoms with Gasteiger partial charge in [0, 0.05) is 6.04 Å². The lowest BCUT2D eigenvalue weighted by atomic mass is 10.1. The number of thioether (sulfide) groups is 1. The molecule has 1 aliphatic carbocycles. The smallest absolute Gasteiger partial charge is 0.233 e. The van der Waals surface area contributed by atoms with Crippen LogP contribution in [-0.2, 0) is 4.79 Å². The van der Waals surface area contributed by atoms with Gasteiger partial charge in [-0.3, -0.25) is 9.36 Å². The zero-order chi connectivity index (χ0) is 18.8. The van der Waals surface area contributed by atoms with Crippen LogP contribution in [0.15, 0.2) is 53.0 Å². The Bertz CT molecular complexity index is 903. The zero-order valence-electron chi connectivity index (χ0n) is 15.3. The Hall–Kier alpha value is -2.12. The first-order valence-electron chi connectivity index (χ1n) is 9.14. The molecule has 0 bridgehead atoms. The van der Waals surface area contributed by atoms with Crippen molar-refractivity contribution in [2.45, 2.75) is 49.2 Å². The van der Waals surface area contributed by atoms with Crippen LogP contribution in [0, 0.1) is 0 Å². The van der Waals surface area contributed by atoms with Gasteiger partial charge in [-0.25, -0.2) is 0 Å². The van der Waals surface area contributed by atoms with Crippen LogP contribution in [0.1, 0.15) is 44.3 Å². The fourth-order valence-electron chi connectivity index (χ4n) is 2.96. The predicted octanol–water partition coefficient (Wildman–Crippen LogP) is 4.70. The van der Waals surface area contributed by atoms with E-state index in [-0.39, 0.29) is 17.2 Å². The first-order chi connectivity index (χ1) is 13.1. The molecule has 0 aliphatic heterocycles. The number of rotatable bonds is 7. The Kier molecular flexibility index (Phi) is 5.31. The van der Waals surface area contributed by atoms with Gasteiger partial charge in [0.1, 0.15) is 0 Å². The van der Waals surface area contributed by atoms with Gasteiger partial charge in [-0.1, -0.05) is 48.2 Å². The number of hydrogen-bond acceptors (Lipinski definition) is 5. The highest BCUT2D eigenvalue weighted by Gasteiger charge is 2.32. The molecule has 5 nitrogen and oxygen atoms in total. The summed E-state index contributed by atoms with van der Waals surface area (Å²) in [4.78, 5) is 13.8. The lowest BCUT2D eigenvalue weighted by Crippen LogP contribution is -2.33. The molecule has 4 rings (SSSR count). The Morgan fingerprint density at radius 2 is 1.96 bits per heavy atom. The highest BCUT2D eigenvalue weighted by molar-refractivity contribution is 8.00. The number of hydrogen-bond donors (Lipinski definition) is 1. The number of thiophene rings is 1. The van der Waals surface area contributed by atoms with Crippen LogP contribution < -0.4 is 5.32 Å². The summed E-state index contributed by atoms with van der Waals surface area (Å²) < 4.78 is 2.21.